The van der Waals surface area contributed by atoms with Gasteiger partial charge < -0.3 is 10.9 Å². The van der Waals surface area contributed by atoms with Crippen LogP contribution in [0, 0.1) is 0 Å². The summed E-state index contributed by atoms with van der Waals surface area (Å²) in [7, 11) is 0. The van der Waals surface area contributed by atoms with Gasteiger partial charge in [-0.15, -0.1) is 0 Å². The Morgan fingerprint density at radius 1 is 1.25 bits per heavy atom. The number of fused-ring (bicyclic) bond motifs is 1. The number of para-hydroxylation sites is 1. The van der Waals surface area contributed by atoms with Crippen molar-refractivity contribution in [2.24, 2.45) is 0 Å². The van der Waals surface area contributed by atoms with E-state index in [0.29, 0.717) is 23.1 Å². The molecule has 3 rings (SSSR count). The zero-order valence-electron chi connectivity index (χ0n) is 11.4. The fourth-order valence-electron chi connectivity index (χ4n) is 3.00. The Hall–Kier alpha value is -1.88. The van der Waals surface area contributed by atoms with Gasteiger partial charge in [-0.1, -0.05) is 31.4 Å². The first-order valence-corrected chi connectivity index (χ1v) is 7.07. The number of nitrogens with two attached hydrogens (primary N) is 1. The molecule has 0 saturated heterocycles. The maximum absolute atomic E-state index is 12.2. The molecule has 0 spiro atoms. The monoisotopic (exact) mass is 273 g/mol. The topological polar surface area (TPSA) is 81.1 Å². The lowest BCUT2D eigenvalue weighted by Crippen LogP contribution is -2.39. The first kappa shape index (κ1) is 13.1. The molecule has 0 radical (unpaired) electrons. The summed E-state index contributed by atoms with van der Waals surface area (Å²) >= 11 is 0. The van der Waals surface area contributed by atoms with Crippen molar-refractivity contribution in [1.29, 1.82) is 0 Å². The standard InChI is InChI=1S/C15H19N3O2/c16-18-13(10-15(20)8-4-1-5-9-15)17-12-7-3-2-6-11(12)14(18)19/h2-3,6-7,20H,1,4-5,8-10,16H2. The normalized spacial score (nSPS) is 18.2. The summed E-state index contributed by atoms with van der Waals surface area (Å²) in [5.74, 6) is 6.31. The van der Waals surface area contributed by atoms with E-state index in [1.165, 1.54) is 0 Å². The third-order valence-electron chi connectivity index (χ3n) is 4.15. The van der Waals surface area contributed by atoms with Crippen LogP contribution in [-0.2, 0) is 6.42 Å². The minimum Gasteiger partial charge on any atom is -0.389 e. The molecule has 1 aromatic heterocycles. The minimum atomic E-state index is -0.777. The van der Waals surface area contributed by atoms with Gasteiger partial charge in [0.25, 0.3) is 5.56 Å². The van der Waals surface area contributed by atoms with Crippen LogP contribution in [0.3, 0.4) is 0 Å². The van der Waals surface area contributed by atoms with E-state index in [1.54, 1.807) is 18.2 Å². The van der Waals surface area contributed by atoms with E-state index in [2.05, 4.69) is 4.98 Å². The quantitative estimate of drug-likeness (QED) is 0.809. The Bertz CT molecular complexity index is 687. The number of nitrogen functional groups attached to an aromatic ring is 1. The molecule has 1 aliphatic carbocycles. The van der Waals surface area contributed by atoms with Crippen LogP contribution in [0.25, 0.3) is 10.9 Å². The van der Waals surface area contributed by atoms with Gasteiger partial charge in [-0.05, 0) is 25.0 Å². The molecule has 5 nitrogen and oxygen atoms in total. The fourth-order valence-corrected chi connectivity index (χ4v) is 3.00. The summed E-state index contributed by atoms with van der Waals surface area (Å²) < 4.78 is 1.08. The second-order valence-electron chi connectivity index (χ2n) is 5.68. The van der Waals surface area contributed by atoms with E-state index < -0.39 is 5.60 Å². The van der Waals surface area contributed by atoms with Gasteiger partial charge in [-0.2, -0.15) is 0 Å². The molecule has 1 fully saturated rings. The number of aromatic nitrogens is 2. The number of aliphatic hydroxyl groups is 1. The lowest BCUT2D eigenvalue weighted by Gasteiger charge is -2.32. The molecule has 2 aromatic rings. The van der Waals surface area contributed by atoms with E-state index in [9.17, 15) is 9.90 Å². The Balaban J connectivity index is 2.03. The van der Waals surface area contributed by atoms with Crippen molar-refractivity contribution in [3.05, 3.63) is 40.4 Å². The van der Waals surface area contributed by atoms with Gasteiger partial charge in [0.15, 0.2) is 0 Å². The molecule has 0 atom stereocenters. The first-order valence-electron chi connectivity index (χ1n) is 7.07. The first-order chi connectivity index (χ1) is 9.59. The highest BCUT2D eigenvalue weighted by Crippen LogP contribution is 2.30. The van der Waals surface area contributed by atoms with E-state index in [4.69, 9.17) is 5.84 Å². The lowest BCUT2D eigenvalue weighted by atomic mass is 9.82. The van der Waals surface area contributed by atoms with Crippen molar-refractivity contribution in [3.63, 3.8) is 0 Å². The smallest absolute Gasteiger partial charge is 0.279 e. The van der Waals surface area contributed by atoms with Crippen molar-refractivity contribution in [1.82, 2.24) is 9.66 Å². The van der Waals surface area contributed by atoms with E-state index in [0.717, 1.165) is 36.8 Å². The third kappa shape index (κ3) is 2.29. The van der Waals surface area contributed by atoms with Gasteiger partial charge in [-0.25, -0.2) is 9.66 Å². The van der Waals surface area contributed by atoms with Crippen LogP contribution in [0.5, 0.6) is 0 Å². The largest absolute Gasteiger partial charge is 0.389 e. The molecule has 1 saturated carbocycles. The van der Waals surface area contributed by atoms with Gasteiger partial charge in [0, 0.05) is 6.42 Å². The molecule has 106 valence electrons. The molecule has 5 heteroatoms. The van der Waals surface area contributed by atoms with Crippen molar-refractivity contribution in [3.8, 4) is 0 Å². The van der Waals surface area contributed by atoms with Crippen LogP contribution < -0.4 is 11.4 Å². The zero-order valence-corrected chi connectivity index (χ0v) is 11.4. The molecule has 0 amide bonds. The highest BCUT2D eigenvalue weighted by atomic mass is 16.3. The number of nitrogens with zero attached hydrogens (tertiary/aromatic N) is 2. The van der Waals surface area contributed by atoms with E-state index in [-0.39, 0.29) is 5.56 Å². The Kier molecular flexibility index (Phi) is 3.22. The molecule has 1 heterocycles. The molecule has 3 N–H and O–H groups in total. The summed E-state index contributed by atoms with van der Waals surface area (Å²) in [4.78, 5) is 16.7. The summed E-state index contributed by atoms with van der Waals surface area (Å²) in [5.41, 5.74) is -0.403. The maximum Gasteiger partial charge on any atom is 0.279 e. The number of benzene rings is 1. The van der Waals surface area contributed by atoms with Gasteiger partial charge in [0.1, 0.15) is 5.82 Å². The summed E-state index contributed by atoms with van der Waals surface area (Å²) in [6.45, 7) is 0. The number of hydrogen-bond donors (Lipinski definition) is 2. The molecule has 1 aromatic carbocycles. The third-order valence-corrected chi connectivity index (χ3v) is 4.15. The van der Waals surface area contributed by atoms with Crippen molar-refractivity contribution < 1.29 is 5.11 Å². The molecule has 0 aliphatic heterocycles. The summed E-state index contributed by atoms with van der Waals surface area (Å²) in [6.07, 6.45) is 5.01. The van der Waals surface area contributed by atoms with Gasteiger partial charge in [0.2, 0.25) is 0 Å². The van der Waals surface area contributed by atoms with Gasteiger partial charge in [-0.3, -0.25) is 4.79 Å². The highest BCUT2D eigenvalue weighted by Gasteiger charge is 2.31. The second kappa shape index (κ2) is 4.90. The van der Waals surface area contributed by atoms with E-state index >= 15 is 0 Å². The van der Waals surface area contributed by atoms with Crippen LogP contribution in [-0.4, -0.2) is 20.4 Å². The van der Waals surface area contributed by atoms with Crippen LogP contribution in [0.15, 0.2) is 29.1 Å². The molecular weight excluding hydrogens is 254 g/mol. The van der Waals surface area contributed by atoms with Gasteiger partial charge in [0.05, 0.1) is 16.5 Å². The minimum absolute atomic E-state index is 0.259. The summed E-state index contributed by atoms with van der Waals surface area (Å²) in [6, 6.07) is 7.15. The average molecular weight is 273 g/mol. The SMILES string of the molecule is Nn1c(CC2(O)CCCCC2)nc2ccccc2c1=O. The van der Waals surface area contributed by atoms with Crippen LogP contribution >= 0.6 is 0 Å². The van der Waals surface area contributed by atoms with Crippen LogP contribution in [0.2, 0.25) is 0 Å². The fraction of sp³-hybridized carbons (Fsp3) is 0.467. The second-order valence-corrected chi connectivity index (χ2v) is 5.68. The van der Waals surface area contributed by atoms with Crippen molar-refractivity contribution >= 4 is 10.9 Å². The molecule has 1 aliphatic rings. The molecular formula is C15H19N3O2. The molecule has 20 heavy (non-hydrogen) atoms. The van der Waals surface area contributed by atoms with Gasteiger partial charge >= 0.3 is 0 Å². The summed E-state index contributed by atoms with van der Waals surface area (Å²) in [5, 5.41) is 11.1. The van der Waals surface area contributed by atoms with Crippen molar-refractivity contribution in [2.45, 2.75) is 44.1 Å². The van der Waals surface area contributed by atoms with E-state index in [1.807, 2.05) is 6.07 Å². The van der Waals surface area contributed by atoms with Crippen molar-refractivity contribution in [2.75, 3.05) is 5.84 Å². The molecule has 0 unspecified atom stereocenters. The predicted octanol–water partition coefficient (Wildman–Crippen LogP) is 1.35. The molecule has 0 bridgehead atoms. The number of hydrogen-bond acceptors (Lipinski definition) is 4. The number of rotatable bonds is 2. The lowest BCUT2D eigenvalue weighted by molar-refractivity contribution is 0.00219. The Morgan fingerprint density at radius 3 is 2.70 bits per heavy atom. The Labute approximate surface area is 117 Å². The highest BCUT2D eigenvalue weighted by molar-refractivity contribution is 5.77. The van der Waals surface area contributed by atoms with Crippen LogP contribution in [0.1, 0.15) is 37.9 Å². The van der Waals surface area contributed by atoms with Crippen LogP contribution in [0.4, 0.5) is 0 Å². The predicted molar refractivity (Wildman–Crippen MR) is 77.9 cm³/mol. The zero-order chi connectivity index (χ0) is 14.2. The average Bonchev–Trinajstić information content (AvgIpc) is 2.45. The Morgan fingerprint density at radius 2 is 1.95 bits per heavy atom. The maximum atomic E-state index is 12.2.